The second-order valence-corrected chi connectivity index (χ2v) is 11.5. The third kappa shape index (κ3) is 4.55. The van der Waals surface area contributed by atoms with Crippen molar-refractivity contribution in [1.82, 2.24) is 9.55 Å². The average Bonchev–Trinajstić information content (AvgIpc) is 3.10. The standard InChI is InChI=1S/C25H34N3O2S/c1-6-31(21-9-12-28(29)18(2)15-21)20-7-8-23-22(16-20)26-24(25(3,4)5)27(23)17-19-10-13-30-14-11-19/h6-9,12,15-16,19,29H,10-11,13-14,17H2,1-5H3/q+1. The Morgan fingerprint density at radius 3 is 2.55 bits per heavy atom. The van der Waals surface area contributed by atoms with Gasteiger partial charge in [0, 0.05) is 58.8 Å². The fraction of sp³-hybridized carbons (Fsp3) is 0.480. The molecule has 5 nitrogen and oxygen atoms in total. The van der Waals surface area contributed by atoms with Crippen LogP contribution in [0.4, 0.5) is 0 Å². The molecule has 1 saturated heterocycles. The summed E-state index contributed by atoms with van der Waals surface area (Å²) in [4.78, 5) is 7.58. The minimum absolute atomic E-state index is 0.0196. The zero-order valence-electron chi connectivity index (χ0n) is 19.3. The van der Waals surface area contributed by atoms with Crippen molar-refractivity contribution < 1.29 is 14.7 Å². The number of benzene rings is 1. The first-order valence-corrected chi connectivity index (χ1v) is 12.4. The monoisotopic (exact) mass is 440 g/mol. The van der Waals surface area contributed by atoms with Gasteiger partial charge in [-0.25, -0.2) is 4.98 Å². The highest BCUT2D eigenvalue weighted by Gasteiger charge is 2.25. The first-order valence-electron chi connectivity index (χ1n) is 11.1. The Hall–Kier alpha value is -2.18. The number of hydrogen-bond donors (Lipinski definition) is 1. The molecule has 1 atom stereocenters. The van der Waals surface area contributed by atoms with Gasteiger partial charge >= 0.3 is 0 Å². The van der Waals surface area contributed by atoms with Crippen LogP contribution < -0.4 is 4.73 Å². The van der Waals surface area contributed by atoms with Crippen molar-refractivity contribution in [3.63, 3.8) is 0 Å². The molecule has 1 fully saturated rings. The SMILES string of the molecule is C/C=S(\c1cc[n+](O)c(C)c1)c1ccc2c(c1)nc(C(C)(C)C)n2CC1CCOCC1. The van der Waals surface area contributed by atoms with Crippen molar-refractivity contribution in [2.45, 2.75) is 69.2 Å². The molecule has 3 aromatic rings. The molecule has 31 heavy (non-hydrogen) atoms. The first-order chi connectivity index (χ1) is 14.8. The molecule has 1 unspecified atom stereocenters. The zero-order chi connectivity index (χ0) is 22.2. The van der Waals surface area contributed by atoms with Crippen LogP contribution in [0.25, 0.3) is 11.0 Å². The lowest BCUT2D eigenvalue weighted by Gasteiger charge is -2.26. The Kier molecular flexibility index (Phi) is 6.22. The van der Waals surface area contributed by atoms with E-state index in [-0.39, 0.29) is 15.9 Å². The van der Waals surface area contributed by atoms with E-state index in [4.69, 9.17) is 9.72 Å². The summed E-state index contributed by atoms with van der Waals surface area (Å²) in [6.07, 6.45) is 3.95. The number of aryl methyl sites for hydroxylation is 1. The Morgan fingerprint density at radius 1 is 1.19 bits per heavy atom. The van der Waals surface area contributed by atoms with Crippen molar-refractivity contribution in [3.8, 4) is 0 Å². The van der Waals surface area contributed by atoms with Gasteiger partial charge < -0.3 is 9.30 Å². The van der Waals surface area contributed by atoms with Crippen molar-refractivity contribution in [2.75, 3.05) is 13.2 Å². The van der Waals surface area contributed by atoms with Crippen molar-refractivity contribution in [2.24, 2.45) is 5.92 Å². The molecule has 3 heterocycles. The molecule has 0 bridgehead atoms. The molecule has 0 radical (unpaired) electrons. The molecule has 0 spiro atoms. The number of pyridine rings is 1. The molecule has 0 aliphatic carbocycles. The lowest BCUT2D eigenvalue weighted by molar-refractivity contribution is -0.909. The molecule has 6 heteroatoms. The molecule has 1 aromatic carbocycles. The van der Waals surface area contributed by atoms with Crippen LogP contribution in [-0.2, 0) is 16.7 Å². The lowest BCUT2D eigenvalue weighted by Crippen LogP contribution is -2.32. The van der Waals surface area contributed by atoms with Crippen LogP contribution in [0, 0.1) is 12.8 Å². The molecule has 4 rings (SSSR count). The summed E-state index contributed by atoms with van der Waals surface area (Å²) in [5.41, 5.74) is 3.10. The molecule has 0 amide bonds. The van der Waals surface area contributed by atoms with Gasteiger partial charge in [-0.2, -0.15) is 0 Å². The van der Waals surface area contributed by atoms with Gasteiger partial charge in [0.2, 0.25) is 11.9 Å². The highest BCUT2D eigenvalue weighted by molar-refractivity contribution is 8.15. The summed E-state index contributed by atoms with van der Waals surface area (Å²) in [6, 6.07) is 10.8. The van der Waals surface area contributed by atoms with Crippen LogP contribution in [0.15, 0.2) is 46.3 Å². The number of nitrogens with zero attached hydrogens (tertiary/aromatic N) is 3. The Labute approximate surface area is 187 Å². The van der Waals surface area contributed by atoms with Crippen molar-refractivity contribution in [3.05, 3.63) is 48.0 Å². The summed E-state index contributed by atoms with van der Waals surface area (Å²) < 4.78 is 9.18. The van der Waals surface area contributed by atoms with Gasteiger partial charge in [-0.05, 0) is 43.9 Å². The lowest BCUT2D eigenvalue weighted by atomic mass is 9.94. The predicted octanol–water partition coefficient (Wildman–Crippen LogP) is 5.10. The highest BCUT2D eigenvalue weighted by Crippen LogP contribution is 2.38. The van der Waals surface area contributed by atoms with Gasteiger partial charge in [0.15, 0.2) is 0 Å². The molecule has 0 saturated carbocycles. The molecule has 2 aromatic heterocycles. The van der Waals surface area contributed by atoms with E-state index in [1.807, 2.05) is 13.0 Å². The smallest absolute Gasteiger partial charge is 0.232 e. The second-order valence-electron chi connectivity index (χ2n) is 9.42. The predicted molar refractivity (Wildman–Crippen MR) is 126 cm³/mol. The van der Waals surface area contributed by atoms with E-state index in [1.54, 1.807) is 6.20 Å². The van der Waals surface area contributed by atoms with E-state index in [9.17, 15) is 5.21 Å². The van der Waals surface area contributed by atoms with Gasteiger partial charge in [-0.1, -0.05) is 26.1 Å². The third-order valence-corrected chi connectivity index (χ3v) is 8.00. The largest absolute Gasteiger partial charge is 0.381 e. The maximum Gasteiger partial charge on any atom is 0.232 e. The van der Waals surface area contributed by atoms with E-state index in [0.29, 0.717) is 5.92 Å². The van der Waals surface area contributed by atoms with Gasteiger partial charge in [-0.15, -0.1) is 10.5 Å². The van der Waals surface area contributed by atoms with E-state index < -0.39 is 0 Å². The van der Waals surface area contributed by atoms with Crippen LogP contribution in [0.5, 0.6) is 0 Å². The number of rotatable bonds is 4. The highest BCUT2D eigenvalue weighted by atomic mass is 32.2. The number of aromatic nitrogens is 3. The zero-order valence-corrected chi connectivity index (χ0v) is 20.1. The summed E-state index contributed by atoms with van der Waals surface area (Å²) in [7, 11) is -0.173. The summed E-state index contributed by atoms with van der Waals surface area (Å²) >= 11 is 0. The molecular formula is C25H34N3O2S+. The van der Waals surface area contributed by atoms with Crippen LogP contribution in [-0.4, -0.2) is 33.3 Å². The number of fused-ring (bicyclic) bond motifs is 1. The van der Waals surface area contributed by atoms with Gasteiger partial charge in [0.05, 0.1) is 11.0 Å². The minimum Gasteiger partial charge on any atom is -0.381 e. The van der Waals surface area contributed by atoms with E-state index in [2.05, 4.69) is 61.9 Å². The van der Waals surface area contributed by atoms with Crippen LogP contribution >= 0.6 is 10.5 Å². The fourth-order valence-electron chi connectivity index (χ4n) is 4.32. The molecule has 1 aliphatic heterocycles. The fourth-order valence-corrected chi connectivity index (χ4v) is 6.09. The normalized spacial score (nSPS) is 16.8. The number of hydrogen-bond acceptors (Lipinski definition) is 3. The van der Waals surface area contributed by atoms with Crippen LogP contribution in [0.1, 0.15) is 52.1 Å². The Morgan fingerprint density at radius 2 is 1.90 bits per heavy atom. The quantitative estimate of drug-likeness (QED) is 0.349. The Bertz CT molecular complexity index is 1120. The average molecular weight is 441 g/mol. The van der Waals surface area contributed by atoms with Crippen LogP contribution in [0.2, 0.25) is 0 Å². The third-order valence-electron chi connectivity index (χ3n) is 6.01. The van der Waals surface area contributed by atoms with Gasteiger partial charge in [-0.3, -0.25) is 5.21 Å². The number of imidazole rings is 1. The topological polar surface area (TPSA) is 51.2 Å². The van der Waals surface area contributed by atoms with Crippen molar-refractivity contribution in [1.29, 1.82) is 0 Å². The van der Waals surface area contributed by atoms with Gasteiger partial charge in [0.25, 0.3) is 0 Å². The Balaban J connectivity index is 1.77. The molecule has 166 valence electrons. The minimum atomic E-state index is -0.173. The molecule has 1 N–H and O–H groups in total. The summed E-state index contributed by atoms with van der Waals surface area (Å²) in [5.74, 6) is 1.80. The number of ether oxygens (including phenoxy) is 1. The van der Waals surface area contributed by atoms with E-state index in [0.717, 1.165) is 54.4 Å². The maximum absolute atomic E-state index is 9.84. The summed E-state index contributed by atoms with van der Waals surface area (Å²) in [5, 5.41) is 12.1. The van der Waals surface area contributed by atoms with Crippen molar-refractivity contribution >= 4 is 26.9 Å². The van der Waals surface area contributed by atoms with Gasteiger partial charge in [0.1, 0.15) is 5.82 Å². The molecule has 1 aliphatic rings. The van der Waals surface area contributed by atoms with Crippen LogP contribution in [0.3, 0.4) is 0 Å². The van der Waals surface area contributed by atoms with E-state index in [1.165, 1.54) is 15.3 Å². The molecular weight excluding hydrogens is 406 g/mol. The maximum atomic E-state index is 9.84. The second kappa shape index (κ2) is 8.75. The summed E-state index contributed by atoms with van der Waals surface area (Å²) in [6.45, 7) is 13.5. The first kappa shape index (κ1) is 22.0. The van der Waals surface area contributed by atoms with E-state index >= 15 is 0 Å².